The number of halogens is 3. The number of aromatic nitrogens is 1. The third-order valence-electron chi connectivity index (χ3n) is 5.23. The van der Waals surface area contributed by atoms with E-state index in [0.717, 1.165) is 34.9 Å². The Kier molecular flexibility index (Phi) is 6.34. The fourth-order valence-electron chi connectivity index (χ4n) is 3.63. The molecule has 2 aromatic carbocycles. The molecule has 2 aromatic heterocycles. The minimum atomic E-state index is -4.47. The predicted molar refractivity (Wildman–Crippen MR) is 122 cm³/mol. The fourth-order valence-corrected chi connectivity index (χ4v) is 5.35. The average molecular weight is 462 g/mol. The molecule has 0 spiro atoms. The first-order chi connectivity index (χ1) is 14.9. The van der Waals surface area contributed by atoms with Crippen LogP contribution in [0.15, 0.2) is 47.8 Å². The number of ether oxygens (including phenoxy) is 1. The van der Waals surface area contributed by atoms with Gasteiger partial charge in [-0.05, 0) is 53.0 Å². The SMILES string of the molecule is CCCc1ccc(OCc2c(-c3ccc(CC)cc3)nsc2C(F)(F)F)c2ccsc12. The lowest BCUT2D eigenvalue weighted by atomic mass is 10.0. The molecule has 0 amide bonds. The third kappa shape index (κ3) is 4.48. The molecule has 0 atom stereocenters. The van der Waals surface area contributed by atoms with Crippen LogP contribution >= 0.6 is 22.9 Å². The van der Waals surface area contributed by atoms with Crippen molar-refractivity contribution in [2.75, 3.05) is 0 Å². The Morgan fingerprint density at radius 2 is 1.77 bits per heavy atom. The number of thiophene rings is 1. The Labute approximate surface area is 187 Å². The van der Waals surface area contributed by atoms with E-state index in [9.17, 15) is 13.2 Å². The molecule has 2 nitrogen and oxygen atoms in total. The van der Waals surface area contributed by atoms with E-state index in [0.29, 0.717) is 28.5 Å². The molecule has 0 saturated heterocycles. The van der Waals surface area contributed by atoms with Crippen molar-refractivity contribution >= 4 is 33.0 Å². The summed E-state index contributed by atoms with van der Waals surface area (Å²) >= 11 is 2.12. The van der Waals surface area contributed by atoms with Crippen molar-refractivity contribution in [3.63, 3.8) is 0 Å². The van der Waals surface area contributed by atoms with Crippen LogP contribution in [0.1, 0.15) is 41.8 Å². The Hall–Kier alpha value is -2.38. The first-order valence-corrected chi connectivity index (χ1v) is 11.8. The van der Waals surface area contributed by atoms with Crippen LogP contribution in [-0.2, 0) is 25.6 Å². The summed E-state index contributed by atoms with van der Waals surface area (Å²) in [6, 6.07) is 13.3. The lowest BCUT2D eigenvalue weighted by Gasteiger charge is -2.13. The second-order valence-electron chi connectivity index (χ2n) is 7.31. The second kappa shape index (κ2) is 9.01. The minimum absolute atomic E-state index is 0.0859. The smallest absolute Gasteiger partial charge is 0.427 e. The number of rotatable bonds is 7. The summed E-state index contributed by atoms with van der Waals surface area (Å²) in [5.41, 5.74) is 3.46. The monoisotopic (exact) mass is 461 g/mol. The first-order valence-electron chi connectivity index (χ1n) is 10.2. The van der Waals surface area contributed by atoms with E-state index in [2.05, 4.69) is 11.3 Å². The van der Waals surface area contributed by atoms with Gasteiger partial charge in [0.05, 0.1) is 5.69 Å². The summed E-state index contributed by atoms with van der Waals surface area (Å²) < 4.78 is 52.3. The maximum absolute atomic E-state index is 13.7. The summed E-state index contributed by atoms with van der Waals surface area (Å²) in [6.45, 7) is 3.98. The standard InChI is InChI=1S/C24H22F3NOS2/c1-3-5-17-10-11-20(18-12-13-30-22(17)18)29-14-19-21(28-31-23(19)24(25,26)27)16-8-6-15(4-2)7-9-16/h6-13H,3-5,14H2,1-2H3. The van der Waals surface area contributed by atoms with Crippen molar-refractivity contribution in [1.29, 1.82) is 0 Å². The van der Waals surface area contributed by atoms with E-state index in [1.54, 1.807) is 11.3 Å². The molecule has 0 aliphatic carbocycles. The summed E-state index contributed by atoms with van der Waals surface area (Å²) in [4.78, 5) is -0.703. The van der Waals surface area contributed by atoms with Gasteiger partial charge in [-0.15, -0.1) is 11.3 Å². The van der Waals surface area contributed by atoms with Gasteiger partial charge in [-0.2, -0.15) is 17.5 Å². The summed E-state index contributed by atoms with van der Waals surface area (Å²) in [7, 11) is 0. The Morgan fingerprint density at radius 1 is 1.00 bits per heavy atom. The van der Waals surface area contributed by atoms with Crippen LogP contribution in [0.4, 0.5) is 13.2 Å². The van der Waals surface area contributed by atoms with Gasteiger partial charge >= 0.3 is 6.18 Å². The largest absolute Gasteiger partial charge is 0.488 e. The van der Waals surface area contributed by atoms with Gasteiger partial charge in [0.2, 0.25) is 0 Å². The molecule has 31 heavy (non-hydrogen) atoms. The van der Waals surface area contributed by atoms with Crippen LogP contribution in [-0.4, -0.2) is 4.37 Å². The minimum Gasteiger partial charge on any atom is -0.488 e. The van der Waals surface area contributed by atoms with E-state index < -0.39 is 11.1 Å². The zero-order valence-corrected chi connectivity index (χ0v) is 18.9. The van der Waals surface area contributed by atoms with Crippen molar-refractivity contribution in [2.24, 2.45) is 0 Å². The average Bonchev–Trinajstić information content (AvgIpc) is 3.41. The molecule has 2 heterocycles. The fraction of sp³-hybridized carbons (Fsp3) is 0.292. The second-order valence-corrected chi connectivity index (χ2v) is 9.00. The topological polar surface area (TPSA) is 22.1 Å². The molecule has 7 heteroatoms. The zero-order chi connectivity index (χ0) is 22.0. The number of hydrogen-bond acceptors (Lipinski definition) is 4. The van der Waals surface area contributed by atoms with Crippen LogP contribution in [0.25, 0.3) is 21.3 Å². The van der Waals surface area contributed by atoms with Crippen molar-refractivity contribution in [3.8, 4) is 17.0 Å². The van der Waals surface area contributed by atoms with E-state index in [1.165, 1.54) is 5.56 Å². The highest BCUT2D eigenvalue weighted by molar-refractivity contribution is 7.17. The lowest BCUT2D eigenvalue weighted by Crippen LogP contribution is -2.08. The van der Waals surface area contributed by atoms with Gasteiger partial charge in [0, 0.05) is 21.2 Å². The van der Waals surface area contributed by atoms with Gasteiger partial charge in [0.15, 0.2) is 0 Å². The van der Waals surface area contributed by atoms with E-state index in [1.807, 2.05) is 54.8 Å². The number of aryl methyl sites for hydroxylation is 2. The first kappa shape index (κ1) is 21.8. The molecule has 0 saturated carbocycles. The van der Waals surface area contributed by atoms with Gasteiger partial charge < -0.3 is 4.74 Å². The highest BCUT2D eigenvalue weighted by Gasteiger charge is 2.38. The number of fused-ring (bicyclic) bond motifs is 1. The summed E-state index contributed by atoms with van der Waals surface area (Å²) in [5, 5.41) is 2.94. The van der Waals surface area contributed by atoms with Crippen molar-refractivity contribution < 1.29 is 17.9 Å². The van der Waals surface area contributed by atoms with Gasteiger partial charge in [-0.1, -0.05) is 50.6 Å². The molecule has 0 unspecified atom stereocenters. The molecule has 162 valence electrons. The van der Waals surface area contributed by atoms with Crippen LogP contribution in [0.2, 0.25) is 0 Å². The van der Waals surface area contributed by atoms with Gasteiger partial charge in [0.25, 0.3) is 0 Å². The maximum Gasteiger partial charge on any atom is 0.427 e. The molecule has 0 radical (unpaired) electrons. The molecular weight excluding hydrogens is 439 g/mol. The number of hydrogen-bond donors (Lipinski definition) is 0. The summed E-state index contributed by atoms with van der Waals surface area (Å²) in [6.07, 6.45) is -1.61. The van der Waals surface area contributed by atoms with Crippen LogP contribution in [0, 0.1) is 0 Å². The molecule has 0 bridgehead atoms. The van der Waals surface area contributed by atoms with Gasteiger partial charge in [-0.25, -0.2) is 0 Å². The Bertz CT molecular complexity index is 1180. The van der Waals surface area contributed by atoms with Crippen LogP contribution in [0.3, 0.4) is 0 Å². The van der Waals surface area contributed by atoms with Gasteiger partial charge in [0.1, 0.15) is 17.2 Å². The highest BCUT2D eigenvalue weighted by atomic mass is 32.1. The van der Waals surface area contributed by atoms with Gasteiger partial charge in [-0.3, -0.25) is 0 Å². The van der Waals surface area contributed by atoms with Crippen molar-refractivity contribution in [3.05, 3.63) is 69.4 Å². The van der Waals surface area contributed by atoms with E-state index >= 15 is 0 Å². The molecule has 0 aliphatic heterocycles. The van der Waals surface area contributed by atoms with E-state index in [-0.39, 0.29) is 12.2 Å². The normalized spacial score (nSPS) is 11.9. The van der Waals surface area contributed by atoms with Crippen LogP contribution < -0.4 is 4.74 Å². The van der Waals surface area contributed by atoms with Crippen LogP contribution in [0.5, 0.6) is 5.75 Å². The third-order valence-corrected chi connectivity index (χ3v) is 7.16. The zero-order valence-electron chi connectivity index (χ0n) is 17.3. The molecule has 0 aliphatic rings. The lowest BCUT2D eigenvalue weighted by molar-refractivity contribution is -0.135. The number of alkyl halides is 3. The molecule has 0 N–H and O–H groups in total. The maximum atomic E-state index is 13.7. The molecular formula is C24H22F3NOS2. The van der Waals surface area contributed by atoms with Crippen molar-refractivity contribution in [1.82, 2.24) is 4.37 Å². The molecule has 4 aromatic rings. The predicted octanol–water partition coefficient (Wildman–Crippen LogP) is 8.14. The Morgan fingerprint density at radius 3 is 2.45 bits per heavy atom. The number of nitrogens with zero attached hydrogens (tertiary/aromatic N) is 1. The number of benzene rings is 2. The Balaban J connectivity index is 1.69. The molecule has 0 fully saturated rings. The molecule has 4 rings (SSSR count). The highest BCUT2D eigenvalue weighted by Crippen LogP contribution is 2.41. The van der Waals surface area contributed by atoms with Crippen molar-refractivity contribution in [2.45, 2.75) is 45.9 Å². The summed E-state index contributed by atoms with van der Waals surface area (Å²) in [5.74, 6) is 0.600. The quantitative estimate of drug-likeness (QED) is 0.277. The van der Waals surface area contributed by atoms with E-state index in [4.69, 9.17) is 4.74 Å².